The molecule has 6 atom stereocenters. The van der Waals surface area contributed by atoms with Crippen LogP contribution in [0.1, 0.15) is 46.7 Å². The van der Waals surface area contributed by atoms with E-state index in [9.17, 15) is 9.59 Å². The van der Waals surface area contributed by atoms with Gasteiger partial charge in [0.15, 0.2) is 11.4 Å². The van der Waals surface area contributed by atoms with E-state index >= 15 is 0 Å². The van der Waals surface area contributed by atoms with Crippen molar-refractivity contribution < 1.29 is 19.1 Å². The molecule has 6 unspecified atom stereocenters. The Morgan fingerprint density at radius 2 is 1.54 bits per heavy atom. The van der Waals surface area contributed by atoms with E-state index in [2.05, 4.69) is 9.97 Å². The number of fused-ring (bicyclic) bond motifs is 5. The maximum atomic E-state index is 12.7. The van der Waals surface area contributed by atoms with Gasteiger partial charge in [-0.05, 0) is 43.4 Å². The van der Waals surface area contributed by atoms with E-state index in [1.807, 2.05) is 7.05 Å². The second kappa shape index (κ2) is 6.46. The Bertz CT molecular complexity index is 919. The summed E-state index contributed by atoms with van der Waals surface area (Å²) in [7, 11) is 3.61. The first-order chi connectivity index (χ1) is 13.5. The van der Waals surface area contributed by atoms with Gasteiger partial charge in [-0.1, -0.05) is 0 Å². The molecular formula is C20H24N4O4. The minimum absolute atomic E-state index is 0.271. The molecule has 2 bridgehead atoms. The highest BCUT2D eigenvalue weighted by atomic mass is 16.6. The zero-order valence-corrected chi connectivity index (χ0v) is 16.0. The lowest BCUT2D eigenvalue weighted by Crippen LogP contribution is -2.37. The molecule has 28 heavy (non-hydrogen) atoms. The minimum Gasteiger partial charge on any atom is -0.454 e. The molecule has 3 fully saturated rings. The van der Waals surface area contributed by atoms with Gasteiger partial charge < -0.3 is 18.6 Å². The summed E-state index contributed by atoms with van der Waals surface area (Å²) >= 11 is 0. The summed E-state index contributed by atoms with van der Waals surface area (Å²) in [6.07, 6.45) is 9.93. The number of aromatic nitrogens is 4. The van der Waals surface area contributed by atoms with Crippen LogP contribution in [-0.4, -0.2) is 43.2 Å². The lowest BCUT2D eigenvalue weighted by Gasteiger charge is -2.29. The summed E-state index contributed by atoms with van der Waals surface area (Å²) in [4.78, 5) is 33.4. The molecule has 3 saturated carbocycles. The van der Waals surface area contributed by atoms with Crippen LogP contribution in [0.25, 0.3) is 0 Å². The van der Waals surface area contributed by atoms with Gasteiger partial charge in [0.1, 0.15) is 12.2 Å². The number of hydrogen-bond donors (Lipinski definition) is 0. The first-order valence-corrected chi connectivity index (χ1v) is 9.87. The molecule has 8 heteroatoms. The molecule has 8 nitrogen and oxygen atoms in total. The van der Waals surface area contributed by atoms with Crippen molar-refractivity contribution in [3.8, 4) is 0 Å². The molecule has 0 N–H and O–H groups in total. The van der Waals surface area contributed by atoms with E-state index in [-0.39, 0.29) is 17.3 Å². The van der Waals surface area contributed by atoms with Crippen LogP contribution in [0.3, 0.4) is 0 Å². The van der Waals surface area contributed by atoms with Crippen LogP contribution in [-0.2, 0) is 23.6 Å². The first kappa shape index (κ1) is 17.5. The molecule has 0 radical (unpaired) electrons. The number of ether oxygens (including phenoxy) is 2. The van der Waals surface area contributed by atoms with Crippen molar-refractivity contribution in [2.45, 2.75) is 37.9 Å². The van der Waals surface area contributed by atoms with Gasteiger partial charge in [-0.15, -0.1) is 0 Å². The zero-order chi connectivity index (χ0) is 19.4. The molecule has 0 amide bonds. The fraction of sp³-hybridized carbons (Fsp3) is 0.600. The summed E-state index contributed by atoms with van der Waals surface area (Å²) < 4.78 is 15.1. The minimum atomic E-state index is -0.461. The highest BCUT2D eigenvalue weighted by Crippen LogP contribution is 2.59. The highest BCUT2D eigenvalue weighted by molar-refractivity contribution is 5.88. The van der Waals surface area contributed by atoms with Gasteiger partial charge in [0.05, 0.1) is 12.7 Å². The molecule has 148 valence electrons. The van der Waals surface area contributed by atoms with E-state index in [4.69, 9.17) is 9.47 Å². The van der Waals surface area contributed by atoms with Crippen molar-refractivity contribution in [1.29, 1.82) is 0 Å². The monoisotopic (exact) mass is 384 g/mol. The number of rotatable bonds is 4. The van der Waals surface area contributed by atoms with Crippen LogP contribution >= 0.6 is 0 Å². The third kappa shape index (κ3) is 2.82. The predicted molar refractivity (Wildman–Crippen MR) is 97.3 cm³/mol. The number of nitrogens with zero attached hydrogens (tertiary/aromatic N) is 4. The van der Waals surface area contributed by atoms with Crippen molar-refractivity contribution in [3.05, 3.63) is 36.4 Å². The number of carbonyl (C=O) groups excluding carboxylic acids is 2. The van der Waals surface area contributed by atoms with E-state index in [1.165, 1.54) is 19.3 Å². The van der Waals surface area contributed by atoms with Crippen LogP contribution < -0.4 is 0 Å². The molecule has 2 heterocycles. The lowest BCUT2D eigenvalue weighted by molar-refractivity contribution is -0.0422. The maximum absolute atomic E-state index is 12.7. The second-order valence-corrected chi connectivity index (χ2v) is 8.47. The van der Waals surface area contributed by atoms with Crippen molar-refractivity contribution in [2.24, 2.45) is 37.8 Å². The van der Waals surface area contributed by atoms with Crippen molar-refractivity contribution in [2.75, 3.05) is 0 Å². The third-order valence-corrected chi connectivity index (χ3v) is 6.74. The van der Waals surface area contributed by atoms with Gasteiger partial charge in [-0.3, -0.25) is 0 Å². The van der Waals surface area contributed by atoms with Crippen molar-refractivity contribution in [3.63, 3.8) is 0 Å². The Labute approximate surface area is 162 Å². The van der Waals surface area contributed by atoms with E-state index in [0.717, 1.165) is 6.42 Å². The van der Waals surface area contributed by atoms with Crippen LogP contribution in [0, 0.1) is 23.7 Å². The van der Waals surface area contributed by atoms with E-state index < -0.39 is 24.1 Å². The second-order valence-electron chi connectivity index (χ2n) is 8.47. The summed E-state index contributed by atoms with van der Waals surface area (Å²) in [6, 6.07) is 0. The SMILES string of the molecule is Cn1cnc(C(=O)OC2CC3C4CCC(C4)C3C2OC(=O)c2cn(C)cn2)c1. The molecular weight excluding hydrogens is 360 g/mol. The van der Waals surface area contributed by atoms with E-state index in [0.29, 0.717) is 17.8 Å². The average molecular weight is 384 g/mol. The fourth-order valence-electron chi connectivity index (χ4n) is 5.65. The predicted octanol–water partition coefficient (Wildman–Crippen LogP) is 1.97. The standard InChI is InChI=1S/C20H24N4O4/c1-23-7-14(21-9-23)19(25)27-16-6-13-11-3-4-12(5-11)17(13)18(16)28-20(26)15-8-24(2)10-22-15/h7-13,16-18H,3-6H2,1-2H3. The van der Waals surface area contributed by atoms with Crippen LogP contribution in [0.4, 0.5) is 0 Å². The molecule has 3 aliphatic rings. The normalized spacial score (nSPS) is 33.1. The number of aryl methyl sites for hydroxylation is 2. The number of imidazole rings is 2. The summed E-state index contributed by atoms with van der Waals surface area (Å²) in [5, 5.41) is 0. The molecule has 0 saturated heterocycles. The molecule has 0 aromatic carbocycles. The summed E-state index contributed by atoms with van der Waals surface area (Å²) in [5.41, 5.74) is 0.557. The number of hydrogen-bond acceptors (Lipinski definition) is 6. The Hall–Kier alpha value is -2.64. The van der Waals surface area contributed by atoms with Crippen LogP contribution in [0.2, 0.25) is 0 Å². The largest absolute Gasteiger partial charge is 0.454 e. The summed E-state index contributed by atoms with van der Waals surface area (Å²) in [6.45, 7) is 0. The Kier molecular flexibility index (Phi) is 4.03. The van der Waals surface area contributed by atoms with Gasteiger partial charge in [-0.2, -0.15) is 0 Å². The van der Waals surface area contributed by atoms with Crippen LogP contribution in [0.15, 0.2) is 25.0 Å². The topological polar surface area (TPSA) is 88.2 Å². The van der Waals surface area contributed by atoms with Gasteiger partial charge >= 0.3 is 11.9 Å². The smallest absolute Gasteiger partial charge is 0.358 e. The number of carbonyl (C=O) groups is 2. The quantitative estimate of drug-likeness (QED) is 0.749. The molecule has 0 aliphatic heterocycles. The van der Waals surface area contributed by atoms with Gasteiger partial charge in [0.2, 0.25) is 0 Å². The third-order valence-electron chi connectivity index (χ3n) is 6.74. The van der Waals surface area contributed by atoms with Crippen LogP contribution in [0.5, 0.6) is 0 Å². The maximum Gasteiger partial charge on any atom is 0.358 e. The van der Waals surface area contributed by atoms with Gasteiger partial charge in [0.25, 0.3) is 0 Å². The Morgan fingerprint density at radius 3 is 2.14 bits per heavy atom. The average Bonchev–Trinajstić information content (AvgIpc) is 3.44. The van der Waals surface area contributed by atoms with E-state index in [1.54, 1.807) is 41.2 Å². The lowest BCUT2D eigenvalue weighted by atomic mass is 9.81. The van der Waals surface area contributed by atoms with Crippen molar-refractivity contribution in [1.82, 2.24) is 19.1 Å². The zero-order valence-electron chi connectivity index (χ0n) is 16.0. The Morgan fingerprint density at radius 1 is 0.929 bits per heavy atom. The Balaban J connectivity index is 1.37. The van der Waals surface area contributed by atoms with Gasteiger partial charge in [0, 0.05) is 32.4 Å². The molecule has 0 spiro atoms. The molecule has 2 aromatic heterocycles. The summed E-state index contributed by atoms with van der Waals surface area (Å²) in [5.74, 6) is 1.03. The van der Waals surface area contributed by atoms with Gasteiger partial charge in [-0.25, -0.2) is 19.6 Å². The van der Waals surface area contributed by atoms with Crippen molar-refractivity contribution >= 4 is 11.9 Å². The highest BCUT2D eigenvalue weighted by Gasteiger charge is 2.59. The first-order valence-electron chi connectivity index (χ1n) is 9.87. The molecule has 3 aliphatic carbocycles. The number of esters is 2. The fourth-order valence-corrected chi connectivity index (χ4v) is 5.65. The molecule has 2 aromatic rings. The molecule has 5 rings (SSSR count).